The van der Waals surface area contributed by atoms with Crippen LogP contribution in [0.2, 0.25) is 0 Å². The van der Waals surface area contributed by atoms with Gasteiger partial charge in [0.15, 0.2) is 5.82 Å². The summed E-state index contributed by atoms with van der Waals surface area (Å²) in [6, 6.07) is 2.10. The van der Waals surface area contributed by atoms with Gasteiger partial charge in [-0.3, -0.25) is 0 Å². The third-order valence-electron chi connectivity index (χ3n) is 3.41. The van der Waals surface area contributed by atoms with Crippen LogP contribution in [0.5, 0.6) is 0 Å². The van der Waals surface area contributed by atoms with E-state index in [9.17, 15) is 8.78 Å². The molecule has 0 spiro atoms. The van der Waals surface area contributed by atoms with Crippen LogP contribution in [0.3, 0.4) is 0 Å². The Kier molecular flexibility index (Phi) is 3.24. The predicted octanol–water partition coefficient (Wildman–Crippen LogP) is 3.19. The molecule has 0 fully saturated rings. The molecule has 1 aromatic carbocycles. The van der Waals surface area contributed by atoms with E-state index in [1.165, 1.54) is 6.07 Å². The Labute approximate surface area is 105 Å². The highest BCUT2D eigenvalue weighted by Gasteiger charge is 2.16. The maximum atomic E-state index is 13.6. The molecule has 2 rings (SSSR count). The fourth-order valence-electron chi connectivity index (χ4n) is 1.86. The Morgan fingerprint density at radius 1 is 1.28 bits per heavy atom. The second-order valence-electron chi connectivity index (χ2n) is 5.06. The molecule has 0 amide bonds. The van der Waals surface area contributed by atoms with E-state index in [4.69, 9.17) is 5.73 Å². The molecular formula is C13H17F2N3. The lowest BCUT2D eigenvalue weighted by molar-refractivity contribution is 0.371. The van der Waals surface area contributed by atoms with Crippen LogP contribution in [-0.2, 0) is 6.54 Å². The summed E-state index contributed by atoms with van der Waals surface area (Å²) in [6.07, 6.45) is 0. The standard InChI is InChI=1S/C13H17F2N3/c1-7(2)8(3)6-18-11-5-9(14)4-10(15)12(11)17-13(18)16/h4-5,7-8H,6H2,1-3H3,(H2,16,17). The van der Waals surface area contributed by atoms with Crippen molar-refractivity contribution in [2.24, 2.45) is 11.8 Å². The van der Waals surface area contributed by atoms with Crippen LogP contribution in [-0.4, -0.2) is 9.55 Å². The minimum atomic E-state index is -0.673. The summed E-state index contributed by atoms with van der Waals surface area (Å²) in [7, 11) is 0. The van der Waals surface area contributed by atoms with Crippen molar-refractivity contribution in [1.29, 1.82) is 0 Å². The number of halogens is 2. The van der Waals surface area contributed by atoms with E-state index in [0.29, 0.717) is 23.9 Å². The molecule has 5 heteroatoms. The number of rotatable bonds is 3. The third kappa shape index (κ3) is 2.17. The van der Waals surface area contributed by atoms with Crippen LogP contribution in [0.4, 0.5) is 14.7 Å². The zero-order valence-corrected chi connectivity index (χ0v) is 10.7. The molecule has 0 saturated heterocycles. The predicted molar refractivity (Wildman–Crippen MR) is 68.1 cm³/mol. The molecule has 98 valence electrons. The fourth-order valence-corrected chi connectivity index (χ4v) is 1.86. The average Bonchev–Trinajstić information content (AvgIpc) is 2.57. The van der Waals surface area contributed by atoms with Crippen LogP contribution in [0, 0.1) is 23.5 Å². The minimum Gasteiger partial charge on any atom is -0.369 e. The van der Waals surface area contributed by atoms with Gasteiger partial charge in [0.25, 0.3) is 0 Å². The number of fused-ring (bicyclic) bond motifs is 1. The van der Waals surface area contributed by atoms with Crippen LogP contribution in [0.15, 0.2) is 12.1 Å². The Bertz CT molecular complexity index is 575. The summed E-state index contributed by atoms with van der Waals surface area (Å²) in [4.78, 5) is 3.97. The molecule has 2 N–H and O–H groups in total. The Morgan fingerprint density at radius 2 is 1.94 bits per heavy atom. The maximum Gasteiger partial charge on any atom is 0.201 e. The monoisotopic (exact) mass is 253 g/mol. The summed E-state index contributed by atoms with van der Waals surface area (Å²) in [5.41, 5.74) is 6.33. The van der Waals surface area contributed by atoms with E-state index in [-0.39, 0.29) is 11.5 Å². The molecule has 1 aromatic heterocycles. The van der Waals surface area contributed by atoms with Crippen molar-refractivity contribution in [2.75, 3.05) is 5.73 Å². The number of hydrogen-bond donors (Lipinski definition) is 1. The van der Waals surface area contributed by atoms with Gasteiger partial charge in [0.1, 0.15) is 11.3 Å². The first-order chi connectivity index (χ1) is 8.40. The Morgan fingerprint density at radius 3 is 2.56 bits per heavy atom. The Balaban J connectivity index is 2.53. The van der Waals surface area contributed by atoms with Crippen molar-refractivity contribution in [3.8, 4) is 0 Å². The van der Waals surface area contributed by atoms with Crippen molar-refractivity contribution in [3.63, 3.8) is 0 Å². The van der Waals surface area contributed by atoms with Gasteiger partial charge in [-0.05, 0) is 11.8 Å². The zero-order valence-electron chi connectivity index (χ0n) is 10.7. The number of aromatic nitrogens is 2. The van der Waals surface area contributed by atoms with Gasteiger partial charge in [0, 0.05) is 18.7 Å². The lowest BCUT2D eigenvalue weighted by atomic mass is 9.98. The molecule has 2 aromatic rings. The molecule has 3 nitrogen and oxygen atoms in total. The number of hydrogen-bond acceptors (Lipinski definition) is 2. The highest BCUT2D eigenvalue weighted by atomic mass is 19.1. The highest BCUT2D eigenvalue weighted by molar-refractivity contribution is 5.79. The number of imidazole rings is 1. The third-order valence-corrected chi connectivity index (χ3v) is 3.41. The first-order valence-corrected chi connectivity index (χ1v) is 6.01. The lowest BCUT2D eigenvalue weighted by Gasteiger charge is -2.17. The van der Waals surface area contributed by atoms with Gasteiger partial charge < -0.3 is 10.3 Å². The van der Waals surface area contributed by atoms with Gasteiger partial charge in [0.2, 0.25) is 5.95 Å². The summed E-state index contributed by atoms with van der Waals surface area (Å²) < 4.78 is 28.5. The molecule has 0 radical (unpaired) electrons. The van der Waals surface area contributed by atoms with Crippen LogP contribution in [0.1, 0.15) is 20.8 Å². The van der Waals surface area contributed by atoms with E-state index < -0.39 is 11.6 Å². The average molecular weight is 253 g/mol. The highest BCUT2D eigenvalue weighted by Crippen LogP contribution is 2.24. The van der Waals surface area contributed by atoms with Crippen molar-refractivity contribution >= 4 is 17.0 Å². The smallest absolute Gasteiger partial charge is 0.201 e. The Hall–Kier alpha value is -1.65. The first-order valence-electron chi connectivity index (χ1n) is 6.01. The minimum absolute atomic E-state index is 0.129. The van der Waals surface area contributed by atoms with Gasteiger partial charge in [-0.1, -0.05) is 20.8 Å². The van der Waals surface area contributed by atoms with Gasteiger partial charge in [-0.2, -0.15) is 0 Å². The second kappa shape index (κ2) is 4.55. The summed E-state index contributed by atoms with van der Waals surface area (Å²) >= 11 is 0. The zero-order chi connectivity index (χ0) is 13.4. The van der Waals surface area contributed by atoms with E-state index in [1.807, 2.05) is 0 Å². The normalized spacial score (nSPS) is 13.4. The number of nitrogen functional groups attached to an aromatic ring is 1. The topological polar surface area (TPSA) is 43.8 Å². The number of anilines is 1. The van der Waals surface area contributed by atoms with Crippen LogP contribution in [0.25, 0.3) is 11.0 Å². The molecule has 1 heterocycles. The van der Waals surface area contributed by atoms with E-state index in [1.54, 1.807) is 4.57 Å². The quantitative estimate of drug-likeness (QED) is 0.913. The second-order valence-corrected chi connectivity index (χ2v) is 5.06. The van der Waals surface area contributed by atoms with E-state index in [0.717, 1.165) is 6.07 Å². The fraction of sp³-hybridized carbons (Fsp3) is 0.462. The molecular weight excluding hydrogens is 236 g/mol. The first kappa shape index (κ1) is 12.8. The van der Waals surface area contributed by atoms with Crippen molar-refractivity contribution < 1.29 is 8.78 Å². The molecule has 0 aliphatic heterocycles. The van der Waals surface area contributed by atoms with Gasteiger partial charge in [-0.15, -0.1) is 0 Å². The number of benzene rings is 1. The van der Waals surface area contributed by atoms with Gasteiger partial charge in [0.05, 0.1) is 5.52 Å². The number of nitrogens with two attached hydrogens (primary N) is 1. The van der Waals surface area contributed by atoms with Crippen molar-refractivity contribution in [2.45, 2.75) is 27.3 Å². The molecule has 1 unspecified atom stereocenters. The molecule has 1 atom stereocenters. The molecule has 0 aliphatic rings. The summed E-state index contributed by atoms with van der Waals surface area (Å²) in [5.74, 6) is -0.260. The molecule has 0 bridgehead atoms. The van der Waals surface area contributed by atoms with Crippen LogP contribution < -0.4 is 5.73 Å². The summed E-state index contributed by atoms with van der Waals surface area (Å²) in [5, 5.41) is 0. The van der Waals surface area contributed by atoms with Crippen molar-refractivity contribution in [1.82, 2.24) is 9.55 Å². The molecule has 0 aliphatic carbocycles. The van der Waals surface area contributed by atoms with Crippen LogP contribution >= 0.6 is 0 Å². The number of nitrogens with zero attached hydrogens (tertiary/aromatic N) is 2. The summed E-state index contributed by atoms with van der Waals surface area (Å²) in [6.45, 7) is 6.87. The van der Waals surface area contributed by atoms with Gasteiger partial charge in [-0.25, -0.2) is 13.8 Å². The largest absolute Gasteiger partial charge is 0.369 e. The van der Waals surface area contributed by atoms with Crippen molar-refractivity contribution in [3.05, 3.63) is 23.8 Å². The molecule has 18 heavy (non-hydrogen) atoms. The van der Waals surface area contributed by atoms with E-state index >= 15 is 0 Å². The molecule has 0 saturated carbocycles. The maximum absolute atomic E-state index is 13.6. The SMILES string of the molecule is CC(C)C(C)Cn1c(N)nc2c(F)cc(F)cc21. The van der Waals surface area contributed by atoms with E-state index in [2.05, 4.69) is 25.8 Å². The van der Waals surface area contributed by atoms with Gasteiger partial charge >= 0.3 is 0 Å². The lowest BCUT2D eigenvalue weighted by Crippen LogP contribution is -2.14.